The van der Waals surface area contributed by atoms with E-state index in [1.807, 2.05) is 0 Å². The van der Waals surface area contributed by atoms with Crippen molar-refractivity contribution < 1.29 is 28.2 Å². The van der Waals surface area contributed by atoms with Crippen LogP contribution in [0.25, 0.3) is 0 Å². The van der Waals surface area contributed by atoms with Gasteiger partial charge in [0.05, 0.1) is 24.3 Å². The van der Waals surface area contributed by atoms with Gasteiger partial charge in [-0.05, 0) is 19.3 Å². The molecule has 0 saturated carbocycles. The van der Waals surface area contributed by atoms with Crippen LogP contribution in [-0.2, 0) is 19.6 Å². The Balaban J connectivity index is 2.06. The van der Waals surface area contributed by atoms with Gasteiger partial charge in [0, 0.05) is 26.1 Å². The molecule has 2 aliphatic rings. The standard InChI is InChI=1S/C13H22N2O6S/c1-22(20,21)15-7-2-5-13(15)6-8-14(9-10(13)16)11(17)3-4-12(18)19/h10,16H,2-9H2,1H3,(H,18,19)/t10-,13-/m0/s1. The van der Waals surface area contributed by atoms with E-state index in [2.05, 4.69) is 0 Å². The van der Waals surface area contributed by atoms with E-state index in [-0.39, 0.29) is 25.3 Å². The Morgan fingerprint density at radius 3 is 2.45 bits per heavy atom. The summed E-state index contributed by atoms with van der Waals surface area (Å²) >= 11 is 0. The van der Waals surface area contributed by atoms with Crippen molar-refractivity contribution in [2.75, 3.05) is 25.9 Å². The summed E-state index contributed by atoms with van der Waals surface area (Å²) in [5.41, 5.74) is -0.822. The average Bonchev–Trinajstić information content (AvgIpc) is 2.84. The molecule has 2 heterocycles. The Morgan fingerprint density at radius 1 is 1.23 bits per heavy atom. The van der Waals surface area contributed by atoms with Crippen LogP contribution in [0.5, 0.6) is 0 Å². The second-order valence-electron chi connectivity index (χ2n) is 6.04. The van der Waals surface area contributed by atoms with Crippen LogP contribution in [0.2, 0.25) is 0 Å². The number of aliphatic hydroxyl groups excluding tert-OH is 1. The van der Waals surface area contributed by atoms with Gasteiger partial charge in [-0.1, -0.05) is 0 Å². The summed E-state index contributed by atoms with van der Waals surface area (Å²) < 4.78 is 25.2. The smallest absolute Gasteiger partial charge is 0.303 e. The Morgan fingerprint density at radius 2 is 1.91 bits per heavy atom. The molecule has 9 heteroatoms. The number of amides is 1. The van der Waals surface area contributed by atoms with Gasteiger partial charge in [0.1, 0.15) is 0 Å². The summed E-state index contributed by atoms with van der Waals surface area (Å²) in [4.78, 5) is 23.9. The lowest BCUT2D eigenvalue weighted by Crippen LogP contribution is -2.63. The number of likely N-dealkylation sites (tertiary alicyclic amines) is 1. The van der Waals surface area contributed by atoms with Crippen molar-refractivity contribution in [1.82, 2.24) is 9.21 Å². The highest BCUT2D eigenvalue weighted by Crippen LogP contribution is 2.40. The number of hydrogen-bond acceptors (Lipinski definition) is 5. The first-order valence-electron chi connectivity index (χ1n) is 7.32. The van der Waals surface area contributed by atoms with Crippen LogP contribution in [0.1, 0.15) is 32.1 Å². The van der Waals surface area contributed by atoms with Gasteiger partial charge in [-0.2, -0.15) is 4.31 Å². The monoisotopic (exact) mass is 334 g/mol. The zero-order valence-electron chi connectivity index (χ0n) is 12.6. The molecule has 1 spiro atoms. The highest BCUT2D eigenvalue weighted by molar-refractivity contribution is 7.88. The van der Waals surface area contributed by atoms with Gasteiger partial charge < -0.3 is 15.1 Å². The summed E-state index contributed by atoms with van der Waals surface area (Å²) in [6, 6.07) is 0. The molecule has 0 bridgehead atoms. The lowest BCUT2D eigenvalue weighted by atomic mass is 9.83. The van der Waals surface area contributed by atoms with E-state index in [1.165, 1.54) is 9.21 Å². The van der Waals surface area contributed by atoms with Gasteiger partial charge in [0.2, 0.25) is 15.9 Å². The van der Waals surface area contributed by atoms with Crippen LogP contribution in [0.3, 0.4) is 0 Å². The molecule has 2 aliphatic heterocycles. The van der Waals surface area contributed by atoms with Crippen LogP contribution in [0, 0.1) is 0 Å². The second kappa shape index (κ2) is 6.13. The SMILES string of the molecule is CS(=O)(=O)N1CCC[C@@]12CCN(C(=O)CCC(=O)O)C[C@@H]2O. The molecule has 0 aromatic heterocycles. The number of sulfonamides is 1. The van der Waals surface area contributed by atoms with E-state index in [9.17, 15) is 23.1 Å². The summed E-state index contributed by atoms with van der Waals surface area (Å²) in [6.45, 7) is 0.773. The molecule has 2 saturated heterocycles. The molecule has 0 aromatic rings. The third-order valence-corrected chi connectivity index (χ3v) is 5.95. The predicted molar refractivity (Wildman–Crippen MR) is 77.6 cm³/mol. The molecule has 0 radical (unpaired) electrons. The van der Waals surface area contributed by atoms with Crippen LogP contribution in [0.4, 0.5) is 0 Å². The van der Waals surface area contributed by atoms with E-state index in [0.29, 0.717) is 32.4 Å². The predicted octanol–water partition coefficient (Wildman–Crippen LogP) is -0.761. The topological polar surface area (TPSA) is 115 Å². The quantitative estimate of drug-likeness (QED) is 0.698. The number of aliphatic hydroxyl groups is 1. The fourth-order valence-electron chi connectivity index (χ4n) is 3.52. The van der Waals surface area contributed by atoms with Gasteiger partial charge in [0.25, 0.3) is 0 Å². The van der Waals surface area contributed by atoms with Gasteiger partial charge in [-0.25, -0.2) is 8.42 Å². The maximum atomic E-state index is 11.9. The molecule has 0 aliphatic carbocycles. The van der Waals surface area contributed by atoms with Gasteiger partial charge in [-0.15, -0.1) is 0 Å². The largest absolute Gasteiger partial charge is 0.481 e. The number of carbonyl (C=O) groups excluding carboxylic acids is 1. The van der Waals surface area contributed by atoms with Crippen molar-refractivity contribution in [3.05, 3.63) is 0 Å². The number of piperidine rings is 1. The molecule has 2 rings (SSSR count). The van der Waals surface area contributed by atoms with Crippen LogP contribution < -0.4 is 0 Å². The molecule has 2 atom stereocenters. The van der Waals surface area contributed by atoms with E-state index >= 15 is 0 Å². The minimum atomic E-state index is -3.41. The Labute approximate surface area is 129 Å². The van der Waals surface area contributed by atoms with Crippen LogP contribution >= 0.6 is 0 Å². The molecule has 0 aromatic carbocycles. The van der Waals surface area contributed by atoms with Crippen LogP contribution in [-0.4, -0.2) is 77.2 Å². The van der Waals surface area contributed by atoms with Crippen molar-refractivity contribution in [1.29, 1.82) is 0 Å². The van der Waals surface area contributed by atoms with Crippen LogP contribution in [0.15, 0.2) is 0 Å². The van der Waals surface area contributed by atoms with Crippen molar-refractivity contribution in [3.63, 3.8) is 0 Å². The summed E-state index contributed by atoms with van der Waals surface area (Å²) in [6.07, 6.45) is 1.48. The average molecular weight is 334 g/mol. The summed E-state index contributed by atoms with van der Waals surface area (Å²) in [5.74, 6) is -1.36. The first-order chi connectivity index (χ1) is 10.2. The molecular formula is C13H22N2O6S. The van der Waals surface area contributed by atoms with E-state index in [0.717, 1.165) is 6.26 Å². The van der Waals surface area contributed by atoms with Gasteiger partial charge >= 0.3 is 5.97 Å². The van der Waals surface area contributed by atoms with Crippen molar-refractivity contribution >= 4 is 21.9 Å². The molecule has 22 heavy (non-hydrogen) atoms. The number of β-amino-alcohol motifs (C(OH)–C–C–N with tert-alkyl or cyclic N) is 1. The first kappa shape index (κ1) is 17.2. The summed E-state index contributed by atoms with van der Waals surface area (Å²) in [5, 5.41) is 19.1. The fraction of sp³-hybridized carbons (Fsp3) is 0.846. The number of rotatable bonds is 4. The lowest BCUT2D eigenvalue weighted by molar-refractivity contribution is -0.143. The number of carboxylic acids is 1. The number of aliphatic carboxylic acids is 1. The number of nitrogens with zero attached hydrogens (tertiary/aromatic N) is 2. The fourth-order valence-corrected chi connectivity index (χ4v) is 4.94. The highest BCUT2D eigenvalue weighted by atomic mass is 32.2. The van der Waals surface area contributed by atoms with Crippen molar-refractivity contribution in [2.24, 2.45) is 0 Å². The van der Waals surface area contributed by atoms with E-state index < -0.39 is 27.6 Å². The van der Waals surface area contributed by atoms with Crippen molar-refractivity contribution in [3.8, 4) is 0 Å². The number of carbonyl (C=O) groups is 2. The van der Waals surface area contributed by atoms with E-state index in [4.69, 9.17) is 5.11 Å². The zero-order chi connectivity index (χ0) is 16.5. The lowest BCUT2D eigenvalue weighted by Gasteiger charge is -2.47. The van der Waals surface area contributed by atoms with Gasteiger partial charge in [0.15, 0.2) is 0 Å². The minimum absolute atomic E-state index is 0.0461. The number of carboxylic acid groups (broad SMARTS) is 1. The summed E-state index contributed by atoms with van der Waals surface area (Å²) in [7, 11) is -3.41. The minimum Gasteiger partial charge on any atom is -0.481 e. The maximum Gasteiger partial charge on any atom is 0.303 e. The molecule has 2 N–H and O–H groups in total. The maximum absolute atomic E-state index is 11.9. The Bertz CT molecular complexity index is 563. The molecule has 2 fully saturated rings. The number of hydrogen-bond donors (Lipinski definition) is 2. The van der Waals surface area contributed by atoms with Crippen molar-refractivity contribution in [2.45, 2.75) is 43.7 Å². The third-order valence-electron chi connectivity index (χ3n) is 4.60. The first-order valence-corrected chi connectivity index (χ1v) is 9.17. The third kappa shape index (κ3) is 3.26. The molecular weight excluding hydrogens is 312 g/mol. The Hall–Kier alpha value is -1.19. The second-order valence-corrected chi connectivity index (χ2v) is 7.95. The molecule has 1 amide bonds. The molecule has 126 valence electrons. The van der Waals surface area contributed by atoms with Gasteiger partial charge in [-0.3, -0.25) is 9.59 Å². The van der Waals surface area contributed by atoms with E-state index in [1.54, 1.807) is 0 Å². The Kier molecular flexibility index (Phi) is 4.78. The molecule has 8 nitrogen and oxygen atoms in total. The zero-order valence-corrected chi connectivity index (χ0v) is 13.4. The molecule has 0 unspecified atom stereocenters. The highest BCUT2D eigenvalue weighted by Gasteiger charge is 2.53. The normalized spacial score (nSPS) is 29.9.